The highest BCUT2D eigenvalue weighted by Gasteiger charge is 2.34. The number of carbonyl (C=O) groups is 7. The molecule has 0 aliphatic heterocycles. The number of nitrogens with two attached hydrogens (primary N) is 5. The van der Waals surface area contributed by atoms with Crippen LogP contribution in [0.3, 0.4) is 0 Å². The zero-order valence-electron chi connectivity index (χ0n) is 48.6. The van der Waals surface area contributed by atoms with E-state index < -0.39 is 77.7 Å². The number of aliphatic hydroxyl groups is 1. The molecule has 7 atom stereocenters. The maximum absolute atomic E-state index is 14.1. The number of hydrogen-bond donors (Lipinski definition) is 15. The van der Waals surface area contributed by atoms with E-state index in [1.807, 2.05) is 10.8 Å². The zero-order chi connectivity index (χ0) is 63.0. The number of aromatic nitrogens is 5. The Morgan fingerprint density at radius 2 is 1.34 bits per heavy atom. The van der Waals surface area contributed by atoms with Crippen molar-refractivity contribution in [2.24, 2.45) is 28.9 Å². The minimum absolute atomic E-state index is 0.00871. The van der Waals surface area contributed by atoms with Gasteiger partial charge in [-0.2, -0.15) is 0 Å². The minimum Gasteiger partial charge on any atom is -0.508 e. The predicted octanol–water partition coefficient (Wildman–Crippen LogP) is 0.514. The summed E-state index contributed by atoms with van der Waals surface area (Å²) in [4.78, 5) is 116. The molecule has 31 heteroatoms. The summed E-state index contributed by atoms with van der Waals surface area (Å²) in [5.74, 6) is -6.03. The first-order valence-corrected chi connectivity index (χ1v) is 31.9. The Labute approximate surface area is 519 Å². The summed E-state index contributed by atoms with van der Waals surface area (Å²) in [6.45, 7) is 9.24. The quantitative estimate of drug-likeness (QED) is 0.0235. The molecule has 27 nitrogen and oxygen atoms in total. The lowest BCUT2D eigenvalue weighted by Crippen LogP contribution is -2.56. The van der Waals surface area contributed by atoms with E-state index in [9.17, 15) is 43.8 Å². The molecule has 0 bridgehead atoms. The van der Waals surface area contributed by atoms with Gasteiger partial charge in [0.05, 0.1) is 35.2 Å². The van der Waals surface area contributed by atoms with Crippen LogP contribution in [-0.4, -0.2) is 159 Å². The second-order valence-electron chi connectivity index (χ2n) is 20.6. The number of nitrogens with one attached hydrogen (secondary N) is 8. The highest BCUT2D eigenvalue weighted by Crippen LogP contribution is 2.31. The highest BCUT2D eigenvalue weighted by molar-refractivity contribution is 7.16. The molecule has 0 aliphatic carbocycles. The number of amides is 7. The van der Waals surface area contributed by atoms with Crippen LogP contribution >= 0.6 is 45.3 Å². The molecule has 5 aromatic heterocycles. The van der Waals surface area contributed by atoms with Gasteiger partial charge < -0.3 is 81.4 Å². The molecular weight excluding hydrogens is 1200 g/mol. The number of aliphatic hydroxyl groups excluding tert-OH is 1. The van der Waals surface area contributed by atoms with Gasteiger partial charge in [0.15, 0.2) is 0 Å². The molecule has 87 heavy (non-hydrogen) atoms. The molecule has 0 saturated carbocycles. The zero-order valence-corrected chi connectivity index (χ0v) is 51.9. The van der Waals surface area contributed by atoms with Crippen LogP contribution in [0.2, 0.25) is 0 Å². The normalized spacial score (nSPS) is 13.8. The SMILES string of the molecule is Cc1c(N)nc([C@H](CC(N)=O)NC[C@H](N)C(N)=O)nc1C(=O)N[C@@H](Cc1cccs1)C(=O)N[C@H](C)[C@@H](O)[C@H](C)C(=O)N[C@@H](Cc1ccc(O)cc1)C(=O)NCCc1nc(-c2nc(-c3nc(C(=O)NCCCNCCCCNCCCN)cs3)cs2)cs1. The van der Waals surface area contributed by atoms with Gasteiger partial charge in [-0.1, -0.05) is 25.1 Å². The Morgan fingerprint density at radius 3 is 2.03 bits per heavy atom. The van der Waals surface area contributed by atoms with E-state index in [4.69, 9.17) is 38.6 Å². The Morgan fingerprint density at radius 1 is 0.678 bits per heavy atom. The molecule has 0 fully saturated rings. The van der Waals surface area contributed by atoms with E-state index in [0.29, 0.717) is 57.2 Å². The van der Waals surface area contributed by atoms with Crippen molar-refractivity contribution >= 4 is 92.5 Å². The topological polar surface area (TPSA) is 451 Å². The first-order valence-electron chi connectivity index (χ1n) is 28.3. The van der Waals surface area contributed by atoms with Gasteiger partial charge >= 0.3 is 0 Å². The standard InChI is InChI=1S/C56H78N18O9S4/c1-30-45(73-49(74-47(30)60)37(25-43(59)76)66-26-36(58)48(61)78)54(83)70-39(24-35-9-6-22-84-35)53(82)67-32(3)46(77)31(2)50(79)69-38(23-33-10-12-34(75)13-11-33)51(80)65-21-14-44-68-41(28-85-44)55-72-42(29-87-55)56-71-40(27-86-56)52(81)64-20-8-19-63-17-5-4-16-62-18-7-15-57/h6,9-13,22,27-29,31-32,36-39,46,62-63,66,75,77H,4-5,7-8,14-21,23-26,57-58H2,1-3H3,(H2,59,76)(H2,61,78)(H,64,81)(H,65,80)(H,67,82)(H,69,79)(H,70,83)(H2,60,73,74)/t31-,32+,36-,37-,38-,39-,46-/m0/s1. The van der Waals surface area contributed by atoms with Gasteiger partial charge in [0.25, 0.3) is 11.8 Å². The first kappa shape index (κ1) is 68.7. The van der Waals surface area contributed by atoms with Crippen LogP contribution in [0, 0.1) is 12.8 Å². The number of primary amides is 2. The number of unbranched alkanes of at least 4 members (excludes halogenated alkanes) is 1. The molecular formula is C56H78N18O9S4. The monoisotopic (exact) mass is 1270 g/mol. The summed E-state index contributed by atoms with van der Waals surface area (Å²) in [6.07, 6.45) is 2.44. The van der Waals surface area contributed by atoms with Crippen LogP contribution < -0.4 is 71.2 Å². The molecule has 0 saturated heterocycles. The number of carbonyl (C=O) groups excluding carboxylic acids is 7. The fourth-order valence-electron chi connectivity index (χ4n) is 8.61. The lowest BCUT2D eigenvalue weighted by atomic mass is 9.96. The predicted molar refractivity (Wildman–Crippen MR) is 335 cm³/mol. The van der Waals surface area contributed by atoms with Crippen molar-refractivity contribution in [2.45, 2.75) is 108 Å². The van der Waals surface area contributed by atoms with Crippen molar-refractivity contribution in [2.75, 3.05) is 58.1 Å². The van der Waals surface area contributed by atoms with Crippen LogP contribution in [-0.2, 0) is 43.2 Å². The summed E-state index contributed by atoms with van der Waals surface area (Å²) in [5, 5.41) is 54.4. The summed E-state index contributed by atoms with van der Waals surface area (Å²) < 4.78 is 0. The summed E-state index contributed by atoms with van der Waals surface area (Å²) >= 11 is 5.44. The molecule has 470 valence electrons. The van der Waals surface area contributed by atoms with Crippen LogP contribution in [0.4, 0.5) is 5.82 Å². The number of phenols is 1. The average Bonchev–Trinajstić information content (AvgIpc) is 2.57. The third kappa shape index (κ3) is 21.7. The summed E-state index contributed by atoms with van der Waals surface area (Å²) in [5.41, 5.74) is 30.4. The Hall–Kier alpha value is -7.46. The van der Waals surface area contributed by atoms with E-state index in [-0.39, 0.29) is 66.9 Å². The molecule has 7 amide bonds. The van der Waals surface area contributed by atoms with E-state index in [2.05, 4.69) is 57.5 Å². The van der Waals surface area contributed by atoms with Gasteiger partial charge in [-0.3, -0.25) is 33.6 Å². The van der Waals surface area contributed by atoms with E-state index >= 15 is 0 Å². The number of hydrogen-bond acceptors (Lipinski definition) is 24. The fourth-order valence-corrected chi connectivity index (χ4v) is 11.8. The van der Waals surface area contributed by atoms with Crippen molar-refractivity contribution in [3.8, 4) is 27.2 Å². The van der Waals surface area contributed by atoms with Crippen molar-refractivity contribution < 1.29 is 43.8 Å². The molecule has 1 aromatic carbocycles. The molecule has 6 aromatic rings. The smallest absolute Gasteiger partial charge is 0.271 e. The van der Waals surface area contributed by atoms with Crippen molar-refractivity contribution in [1.82, 2.24) is 67.5 Å². The Kier molecular flexibility index (Phi) is 27.4. The lowest BCUT2D eigenvalue weighted by Gasteiger charge is -2.28. The van der Waals surface area contributed by atoms with Gasteiger partial charge in [0.1, 0.15) is 62.3 Å². The Bertz CT molecular complexity index is 3210. The number of benzene rings is 1. The van der Waals surface area contributed by atoms with Gasteiger partial charge in [-0.25, -0.2) is 24.9 Å². The molecule has 0 unspecified atom stereocenters. The number of aromatic hydroxyl groups is 1. The maximum Gasteiger partial charge on any atom is 0.271 e. The number of phenolic OH excluding ortho intramolecular Hbond substituents is 1. The largest absolute Gasteiger partial charge is 0.508 e. The number of nitrogen functional groups attached to an aromatic ring is 1. The second kappa shape index (κ2) is 34.8. The molecule has 20 N–H and O–H groups in total. The number of rotatable bonds is 38. The molecule has 6 rings (SSSR count). The maximum atomic E-state index is 14.1. The van der Waals surface area contributed by atoms with Gasteiger partial charge in [0, 0.05) is 71.9 Å². The lowest BCUT2D eigenvalue weighted by molar-refractivity contribution is -0.134. The van der Waals surface area contributed by atoms with Gasteiger partial charge in [0.2, 0.25) is 29.5 Å². The molecule has 0 radical (unpaired) electrons. The van der Waals surface area contributed by atoms with Gasteiger partial charge in [-0.15, -0.1) is 45.3 Å². The second-order valence-corrected chi connectivity index (χ2v) is 24.3. The van der Waals surface area contributed by atoms with Crippen LogP contribution in [0.5, 0.6) is 5.75 Å². The number of anilines is 1. The molecule has 0 spiro atoms. The number of thiazole rings is 3. The average molecular weight is 1280 g/mol. The molecule has 5 heterocycles. The highest BCUT2D eigenvalue weighted by atomic mass is 32.1. The Balaban J connectivity index is 1.02. The van der Waals surface area contributed by atoms with E-state index in [1.54, 1.807) is 35.0 Å². The third-order valence-corrected chi connectivity index (χ3v) is 17.2. The fraction of sp³-hybridized carbons (Fsp3) is 0.464. The number of thiophene rings is 1. The molecule has 0 aliphatic rings. The minimum atomic E-state index is -1.50. The van der Waals surface area contributed by atoms with E-state index in [0.717, 1.165) is 56.7 Å². The summed E-state index contributed by atoms with van der Waals surface area (Å²) in [7, 11) is 0. The van der Waals surface area contributed by atoms with Crippen molar-refractivity contribution in [1.29, 1.82) is 0 Å². The van der Waals surface area contributed by atoms with E-state index in [1.165, 1.54) is 78.3 Å². The van der Waals surface area contributed by atoms with Crippen LogP contribution in [0.1, 0.15) is 99.8 Å². The van der Waals surface area contributed by atoms with Gasteiger partial charge in [-0.05, 0) is 101 Å². The first-order chi connectivity index (χ1) is 41.7. The van der Waals surface area contributed by atoms with Crippen LogP contribution in [0.25, 0.3) is 21.4 Å². The van der Waals surface area contributed by atoms with Crippen molar-refractivity contribution in [3.05, 3.63) is 96.1 Å². The summed E-state index contributed by atoms with van der Waals surface area (Å²) in [6, 6.07) is 4.03. The van der Waals surface area contributed by atoms with Crippen molar-refractivity contribution in [3.63, 3.8) is 0 Å². The number of nitrogens with zero attached hydrogens (tertiary/aromatic N) is 5. The van der Waals surface area contributed by atoms with Crippen LogP contribution in [0.15, 0.2) is 57.9 Å². The third-order valence-electron chi connectivity index (χ3n) is 13.7.